The number of hydrogen-bond donors (Lipinski definition) is 6. The maximum atomic E-state index is 12.7. The van der Waals surface area contributed by atoms with Gasteiger partial charge in [0.2, 0.25) is 5.75 Å². The second-order valence-electron chi connectivity index (χ2n) is 11.9. The number of benzene rings is 4. The van der Waals surface area contributed by atoms with Crippen LogP contribution in [0.5, 0.6) is 23.0 Å². The summed E-state index contributed by atoms with van der Waals surface area (Å²) in [4.78, 5) is 12.7. The van der Waals surface area contributed by atoms with Crippen LogP contribution in [0.2, 0.25) is 0 Å². The van der Waals surface area contributed by atoms with Gasteiger partial charge in [-0.1, -0.05) is 22.9 Å². The molecule has 6 N–H and O–H groups in total. The normalized spacial score (nSPS) is 13.6. The first-order valence-corrected chi connectivity index (χ1v) is 16.2. The predicted octanol–water partition coefficient (Wildman–Crippen LogP) is 4.62. The maximum Gasteiger partial charge on any atom is 0.255 e. The van der Waals surface area contributed by atoms with E-state index >= 15 is 0 Å². The summed E-state index contributed by atoms with van der Waals surface area (Å²) in [6.45, 7) is 0.965. The van der Waals surface area contributed by atoms with Crippen LogP contribution in [-0.4, -0.2) is 58.9 Å². The average Bonchev–Trinajstić information content (AvgIpc) is 3.66. The van der Waals surface area contributed by atoms with Crippen molar-refractivity contribution in [2.45, 2.75) is 39.5 Å². The van der Waals surface area contributed by atoms with Gasteiger partial charge in [0.25, 0.3) is 5.91 Å². The largest absolute Gasteiger partial charge is 0.493 e. The van der Waals surface area contributed by atoms with Crippen LogP contribution in [0.15, 0.2) is 71.3 Å². The Balaban J connectivity index is 1.13. The van der Waals surface area contributed by atoms with Gasteiger partial charge >= 0.3 is 0 Å². The number of aryl methyl sites for hydroxylation is 1. The molecule has 0 fully saturated rings. The van der Waals surface area contributed by atoms with Crippen molar-refractivity contribution in [3.8, 4) is 45.6 Å². The number of aromatic nitrogens is 1. The predicted molar refractivity (Wildman–Crippen MR) is 187 cm³/mol. The molecule has 0 bridgehead atoms. The zero-order valence-corrected chi connectivity index (χ0v) is 28.4. The number of fused-ring (bicyclic) bond motifs is 1. The highest BCUT2D eigenvalue weighted by Crippen LogP contribution is 2.42. The van der Waals surface area contributed by atoms with Crippen LogP contribution in [0, 0.1) is 6.92 Å². The van der Waals surface area contributed by atoms with Gasteiger partial charge in [-0.25, -0.2) is 0 Å². The number of nitrogens with one attached hydrogen (secondary N) is 2. The molecule has 0 aliphatic carbocycles. The van der Waals surface area contributed by atoms with Crippen LogP contribution in [-0.2, 0) is 26.4 Å². The second kappa shape index (κ2) is 15.5. The van der Waals surface area contributed by atoms with Crippen molar-refractivity contribution in [3.63, 3.8) is 0 Å². The van der Waals surface area contributed by atoms with Crippen molar-refractivity contribution in [3.05, 3.63) is 106 Å². The highest BCUT2D eigenvalue weighted by molar-refractivity contribution is 6.01. The number of aliphatic hydroxyl groups is 4. The SMILES string of the molecule is COc1cc(-c2cc(-c3cc(CO)c(CO)c(CO)c3)on2)cc(OC)c1OCCOc1ccc(C2NC(=O)c3cc(C)ccc3N2)cc1CO. The van der Waals surface area contributed by atoms with Crippen LogP contribution < -0.4 is 29.6 Å². The summed E-state index contributed by atoms with van der Waals surface area (Å²) in [5.41, 5.74) is 6.72. The molecule has 13 nitrogen and oxygen atoms in total. The van der Waals surface area contributed by atoms with Crippen LogP contribution in [0.25, 0.3) is 22.6 Å². The Hall–Kier alpha value is -5.60. The molecule has 1 amide bonds. The van der Waals surface area contributed by atoms with E-state index in [2.05, 4.69) is 15.8 Å². The minimum Gasteiger partial charge on any atom is -0.493 e. The first kappa shape index (κ1) is 35.2. The highest BCUT2D eigenvalue weighted by atomic mass is 16.6. The Morgan fingerprint density at radius 1 is 0.725 bits per heavy atom. The van der Waals surface area contributed by atoms with Gasteiger partial charge in [-0.2, -0.15) is 0 Å². The molecule has 6 rings (SSSR count). The maximum absolute atomic E-state index is 12.7. The number of ether oxygens (including phenoxy) is 4. The quantitative estimate of drug-likeness (QED) is 0.0887. The van der Waals surface area contributed by atoms with E-state index < -0.39 is 6.17 Å². The van der Waals surface area contributed by atoms with E-state index in [1.807, 2.05) is 31.2 Å². The summed E-state index contributed by atoms with van der Waals surface area (Å²) in [6.07, 6.45) is -0.473. The molecule has 1 aromatic heterocycles. The Morgan fingerprint density at radius 3 is 2.06 bits per heavy atom. The summed E-state index contributed by atoms with van der Waals surface area (Å²) < 4.78 is 28.9. The van der Waals surface area contributed by atoms with E-state index in [4.69, 9.17) is 23.5 Å². The van der Waals surface area contributed by atoms with Crippen molar-refractivity contribution >= 4 is 11.6 Å². The number of aliphatic hydroxyl groups excluding tert-OH is 4. The molecule has 13 heteroatoms. The lowest BCUT2D eigenvalue weighted by atomic mass is 9.97. The molecular weight excluding hydrogens is 658 g/mol. The Morgan fingerprint density at radius 2 is 1.41 bits per heavy atom. The lowest BCUT2D eigenvalue weighted by Gasteiger charge is -2.29. The minimum absolute atomic E-state index is 0.119. The molecule has 5 aromatic rings. The van der Waals surface area contributed by atoms with Crippen LogP contribution >= 0.6 is 0 Å². The smallest absolute Gasteiger partial charge is 0.255 e. The second-order valence-corrected chi connectivity index (χ2v) is 11.9. The number of amides is 1. The molecule has 0 spiro atoms. The van der Waals surface area contributed by atoms with E-state index in [1.165, 1.54) is 14.2 Å². The van der Waals surface area contributed by atoms with Crippen molar-refractivity contribution in [1.82, 2.24) is 10.5 Å². The summed E-state index contributed by atoms with van der Waals surface area (Å²) in [5.74, 6) is 1.80. The van der Waals surface area contributed by atoms with E-state index in [1.54, 1.807) is 42.5 Å². The van der Waals surface area contributed by atoms with Crippen LogP contribution in [0.3, 0.4) is 0 Å². The summed E-state index contributed by atoms with van der Waals surface area (Å²) in [7, 11) is 3.01. The molecular formula is C38H39N3O10. The molecule has 4 aromatic carbocycles. The number of carbonyl (C=O) groups excluding carboxylic acids is 1. The molecule has 2 heterocycles. The van der Waals surface area contributed by atoms with Crippen LogP contribution in [0.1, 0.15) is 49.9 Å². The number of hydrogen-bond acceptors (Lipinski definition) is 12. The average molecular weight is 698 g/mol. The molecule has 1 atom stereocenters. The molecule has 0 saturated heterocycles. The Kier molecular flexibility index (Phi) is 10.7. The molecule has 266 valence electrons. The summed E-state index contributed by atoms with van der Waals surface area (Å²) in [6, 6.07) is 19.6. The number of anilines is 1. The zero-order chi connectivity index (χ0) is 36.1. The van der Waals surface area contributed by atoms with E-state index in [0.29, 0.717) is 73.4 Å². The van der Waals surface area contributed by atoms with Crippen molar-refractivity contribution in [2.75, 3.05) is 32.8 Å². The Bertz CT molecular complexity index is 1990. The van der Waals surface area contributed by atoms with Gasteiger partial charge in [0.1, 0.15) is 30.8 Å². The van der Waals surface area contributed by atoms with Crippen LogP contribution in [0.4, 0.5) is 5.69 Å². The summed E-state index contributed by atoms with van der Waals surface area (Å²) in [5, 5.41) is 49.9. The third-order valence-electron chi connectivity index (χ3n) is 8.66. The zero-order valence-electron chi connectivity index (χ0n) is 28.4. The van der Waals surface area contributed by atoms with Gasteiger partial charge in [0, 0.05) is 28.4 Å². The lowest BCUT2D eigenvalue weighted by molar-refractivity contribution is 0.0935. The minimum atomic E-state index is -0.473. The first-order valence-electron chi connectivity index (χ1n) is 16.2. The fourth-order valence-electron chi connectivity index (χ4n) is 6.02. The van der Waals surface area contributed by atoms with Gasteiger partial charge in [0.05, 0.1) is 46.2 Å². The fourth-order valence-corrected chi connectivity index (χ4v) is 6.02. The van der Waals surface area contributed by atoms with E-state index in [9.17, 15) is 25.2 Å². The van der Waals surface area contributed by atoms with Crippen molar-refractivity contribution < 1.29 is 48.7 Å². The van der Waals surface area contributed by atoms with Gasteiger partial charge in [-0.15, -0.1) is 0 Å². The molecule has 1 aliphatic rings. The highest BCUT2D eigenvalue weighted by Gasteiger charge is 2.25. The van der Waals surface area contributed by atoms with E-state index in [-0.39, 0.29) is 45.5 Å². The van der Waals surface area contributed by atoms with Gasteiger partial charge in [0.15, 0.2) is 17.3 Å². The molecule has 0 radical (unpaired) electrons. The van der Waals surface area contributed by atoms with Gasteiger partial charge in [-0.05, 0) is 77.7 Å². The lowest BCUT2D eigenvalue weighted by Crippen LogP contribution is -2.38. The van der Waals surface area contributed by atoms with Crippen molar-refractivity contribution in [2.24, 2.45) is 0 Å². The van der Waals surface area contributed by atoms with Gasteiger partial charge in [-0.3, -0.25) is 4.79 Å². The first-order chi connectivity index (χ1) is 24.8. The van der Waals surface area contributed by atoms with E-state index in [0.717, 1.165) is 16.8 Å². The standard InChI is InChI=1S/C38H39N3O10/c1-21-4-6-30-28(10-21)38(46)40-37(39-30)22-5-7-32(27(11-22)19-44)49-8-9-50-36-34(47-2)14-23(15-35(36)48-3)31-16-33(51-41-31)24-12-25(17-42)29(20-45)26(13-24)18-43/h4-7,10-16,37,39,42-45H,8-9,17-20H2,1-3H3,(H,40,46). The molecule has 0 saturated carbocycles. The third-order valence-corrected chi connectivity index (χ3v) is 8.66. The molecule has 1 unspecified atom stereocenters. The Labute approximate surface area is 294 Å². The number of carbonyl (C=O) groups is 1. The number of nitrogens with zero attached hydrogens (tertiary/aromatic N) is 1. The summed E-state index contributed by atoms with van der Waals surface area (Å²) >= 11 is 0. The number of rotatable bonds is 14. The van der Waals surface area contributed by atoms with Gasteiger partial charge < -0.3 is 54.5 Å². The third kappa shape index (κ3) is 7.32. The monoisotopic (exact) mass is 697 g/mol. The fraction of sp³-hybridized carbons (Fsp3) is 0.263. The topological polar surface area (TPSA) is 185 Å². The van der Waals surface area contributed by atoms with Crippen molar-refractivity contribution in [1.29, 1.82) is 0 Å². The molecule has 1 aliphatic heterocycles. The molecule has 51 heavy (non-hydrogen) atoms. The number of methoxy groups -OCH3 is 2.